The third-order valence-corrected chi connectivity index (χ3v) is 3.56. The molecule has 0 saturated heterocycles. The predicted octanol–water partition coefficient (Wildman–Crippen LogP) is 2.64. The van der Waals surface area contributed by atoms with Crippen molar-refractivity contribution in [2.24, 2.45) is 0 Å². The molecule has 98 valence electrons. The third-order valence-electron chi connectivity index (χ3n) is 3.56. The molecule has 4 heteroatoms. The Hall–Kier alpha value is -1.55. The summed E-state index contributed by atoms with van der Waals surface area (Å²) in [6.45, 7) is 0.485. The number of ether oxygens (including phenoxy) is 1. The van der Waals surface area contributed by atoms with Crippen molar-refractivity contribution in [3.05, 3.63) is 29.8 Å². The van der Waals surface area contributed by atoms with Gasteiger partial charge < -0.3 is 15.2 Å². The Kier molecular flexibility index (Phi) is 3.87. The van der Waals surface area contributed by atoms with Crippen molar-refractivity contribution in [2.45, 2.75) is 37.8 Å². The summed E-state index contributed by atoms with van der Waals surface area (Å²) in [4.78, 5) is 11.5. The second kappa shape index (κ2) is 5.40. The van der Waals surface area contributed by atoms with E-state index in [0.29, 0.717) is 19.4 Å². The van der Waals surface area contributed by atoms with Crippen molar-refractivity contribution in [1.29, 1.82) is 0 Å². The Morgan fingerprint density at radius 2 is 2.06 bits per heavy atom. The lowest BCUT2D eigenvalue weighted by atomic mass is 9.96. The molecule has 0 aliphatic heterocycles. The fourth-order valence-electron chi connectivity index (χ4n) is 2.55. The van der Waals surface area contributed by atoms with Crippen LogP contribution in [0.2, 0.25) is 0 Å². The lowest BCUT2D eigenvalue weighted by Gasteiger charge is -2.27. The van der Waals surface area contributed by atoms with Crippen molar-refractivity contribution < 1.29 is 14.6 Å². The minimum absolute atomic E-state index is 0.485. The Balaban J connectivity index is 2.24. The first-order valence-corrected chi connectivity index (χ1v) is 6.26. The quantitative estimate of drug-likeness (QED) is 0.842. The summed E-state index contributed by atoms with van der Waals surface area (Å²) in [5.41, 5.74) is 1.06. The van der Waals surface area contributed by atoms with Gasteiger partial charge in [0, 0.05) is 18.4 Å². The molecule has 1 aliphatic rings. The van der Waals surface area contributed by atoms with E-state index in [1.54, 1.807) is 7.11 Å². The van der Waals surface area contributed by atoms with Gasteiger partial charge in [-0.25, -0.2) is 4.79 Å². The number of rotatable bonds is 5. The van der Waals surface area contributed by atoms with Crippen molar-refractivity contribution >= 4 is 11.7 Å². The van der Waals surface area contributed by atoms with E-state index in [1.165, 1.54) is 0 Å². The monoisotopic (exact) mass is 249 g/mol. The summed E-state index contributed by atoms with van der Waals surface area (Å²) < 4.78 is 5.14. The number of carboxylic acids is 1. The van der Waals surface area contributed by atoms with Crippen LogP contribution in [0.4, 0.5) is 5.69 Å². The number of aliphatic carboxylic acids is 1. The molecule has 0 unspecified atom stereocenters. The maximum atomic E-state index is 11.5. The molecule has 1 aromatic rings. The summed E-state index contributed by atoms with van der Waals surface area (Å²) in [7, 11) is 1.64. The number of carbonyl (C=O) groups is 1. The van der Waals surface area contributed by atoms with E-state index in [4.69, 9.17) is 4.74 Å². The molecule has 0 aromatic heterocycles. The van der Waals surface area contributed by atoms with Gasteiger partial charge in [0.2, 0.25) is 0 Å². The highest BCUT2D eigenvalue weighted by molar-refractivity contribution is 5.83. The molecular formula is C14H19NO3. The van der Waals surface area contributed by atoms with Crippen LogP contribution < -0.4 is 5.32 Å². The highest BCUT2D eigenvalue weighted by Gasteiger charge is 2.41. The van der Waals surface area contributed by atoms with Crippen LogP contribution >= 0.6 is 0 Å². The number of benzene rings is 1. The van der Waals surface area contributed by atoms with Crippen LogP contribution in [0.3, 0.4) is 0 Å². The Bertz CT molecular complexity index is 425. The summed E-state index contributed by atoms with van der Waals surface area (Å²) in [5, 5.41) is 12.7. The number of para-hydroxylation sites is 1. The van der Waals surface area contributed by atoms with Gasteiger partial charge in [0.1, 0.15) is 5.54 Å². The molecule has 1 aliphatic carbocycles. The van der Waals surface area contributed by atoms with Gasteiger partial charge in [0.25, 0.3) is 0 Å². The van der Waals surface area contributed by atoms with Crippen molar-refractivity contribution in [2.75, 3.05) is 12.4 Å². The molecule has 2 rings (SSSR count). The summed E-state index contributed by atoms with van der Waals surface area (Å²) >= 11 is 0. The smallest absolute Gasteiger partial charge is 0.329 e. The van der Waals surface area contributed by atoms with E-state index in [1.807, 2.05) is 24.3 Å². The molecule has 0 bridgehead atoms. The van der Waals surface area contributed by atoms with Gasteiger partial charge in [-0.15, -0.1) is 0 Å². The number of methoxy groups -OCH3 is 1. The zero-order chi connectivity index (χ0) is 13.0. The topological polar surface area (TPSA) is 58.6 Å². The lowest BCUT2D eigenvalue weighted by molar-refractivity contribution is -0.142. The van der Waals surface area contributed by atoms with Crippen LogP contribution in [0.5, 0.6) is 0 Å². The summed E-state index contributed by atoms with van der Waals surface area (Å²) in [5.74, 6) is -0.757. The van der Waals surface area contributed by atoms with E-state index in [-0.39, 0.29) is 0 Å². The SMILES string of the molecule is COCc1ccccc1NC1(C(=O)O)CCCC1. The molecular weight excluding hydrogens is 230 g/mol. The van der Waals surface area contributed by atoms with Gasteiger partial charge in [0.15, 0.2) is 0 Å². The first-order valence-electron chi connectivity index (χ1n) is 6.26. The van der Waals surface area contributed by atoms with Crippen LogP contribution in [0, 0.1) is 0 Å². The fourth-order valence-corrected chi connectivity index (χ4v) is 2.55. The maximum Gasteiger partial charge on any atom is 0.329 e. The maximum absolute atomic E-state index is 11.5. The molecule has 1 fully saturated rings. The minimum Gasteiger partial charge on any atom is -0.480 e. The Labute approximate surface area is 107 Å². The number of anilines is 1. The van der Waals surface area contributed by atoms with Gasteiger partial charge in [-0.2, -0.15) is 0 Å². The second-order valence-electron chi connectivity index (χ2n) is 4.81. The van der Waals surface area contributed by atoms with E-state index in [9.17, 15) is 9.90 Å². The van der Waals surface area contributed by atoms with Gasteiger partial charge >= 0.3 is 5.97 Å². The molecule has 0 radical (unpaired) electrons. The molecule has 0 spiro atoms. The van der Waals surface area contributed by atoms with E-state index < -0.39 is 11.5 Å². The predicted molar refractivity (Wildman–Crippen MR) is 69.6 cm³/mol. The van der Waals surface area contributed by atoms with Crippen molar-refractivity contribution in [3.8, 4) is 0 Å². The first kappa shape index (κ1) is 12.9. The van der Waals surface area contributed by atoms with Crippen LogP contribution in [-0.4, -0.2) is 23.7 Å². The van der Waals surface area contributed by atoms with E-state index >= 15 is 0 Å². The molecule has 0 amide bonds. The largest absolute Gasteiger partial charge is 0.480 e. The first-order chi connectivity index (χ1) is 8.68. The summed E-state index contributed by atoms with van der Waals surface area (Å²) in [6, 6.07) is 7.71. The molecule has 1 aromatic carbocycles. The van der Waals surface area contributed by atoms with Crippen LogP contribution in [0.25, 0.3) is 0 Å². The third kappa shape index (κ3) is 2.48. The van der Waals surface area contributed by atoms with Crippen LogP contribution in [-0.2, 0) is 16.1 Å². The number of hydrogen-bond donors (Lipinski definition) is 2. The molecule has 0 heterocycles. The number of hydrogen-bond acceptors (Lipinski definition) is 3. The molecule has 2 N–H and O–H groups in total. The normalized spacial score (nSPS) is 17.6. The average Bonchev–Trinajstić information content (AvgIpc) is 2.82. The number of nitrogens with one attached hydrogen (secondary N) is 1. The Morgan fingerprint density at radius 3 is 2.67 bits per heavy atom. The Morgan fingerprint density at radius 1 is 1.39 bits per heavy atom. The fraction of sp³-hybridized carbons (Fsp3) is 0.500. The molecule has 0 atom stereocenters. The standard InChI is InChI=1S/C14H19NO3/c1-18-10-11-6-2-3-7-12(11)15-14(13(16)17)8-4-5-9-14/h2-3,6-7,15H,4-5,8-10H2,1H3,(H,16,17). The van der Waals surface area contributed by atoms with E-state index in [2.05, 4.69) is 5.32 Å². The molecule has 1 saturated carbocycles. The molecule has 4 nitrogen and oxygen atoms in total. The zero-order valence-corrected chi connectivity index (χ0v) is 10.6. The molecule has 18 heavy (non-hydrogen) atoms. The average molecular weight is 249 g/mol. The highest BCUT2D eigenvalue weighted by Crippen LogP contribution is 2.34. The summed E-state index contributed by atoms with van der Waals surface area (Å²) in [6.07, 6.45) is 3.30. The van der Waals surface area contributed by atoms with E-state index in [0.717, 1.165) is 24.1 Å². The zero-order valence-electron chi connectivity index (χ0n) is 10.6. The number of carboxylic acid groups (broad SMARTS) is 1. The van der Waals surface area contributed by atoms with Gasteiger partial charge in [0.05, 0.1) is 6.61 Å². The van der Waals surface area contributed by atoms with Gasteiger partial charge in [-0.3, -0.25) is 0 Å². The van der Waals surface area contributed by atoms with Gasteiger partial charge in [-0.1, -0.05) is 31.0 Å². The highest BCUT2D eigenvalue weighted by atomic mass is 16.5. The van der Waals surface area contributed by atoms with Gasteiger partial charge in [-0.05, 0) is 18.9 Å². The lowest BCUT2D eigenvalue weighted by Crippen LogP contribution is -2.43. The minimum atomic E-state index is -0.802. The second-order valence-corrected chi connectivity index (χ2v) is 4.81. The van der Waals surface area contributed by atoms with Crippen LogP contribution in [0.15, 0.2) is 24.3 Å². The van der Waals surface area contributed by atoms with Crippen molar-refractivity contribution in [3.63, 3.8) is 0 Å². The van der Waals surface area contributed by atoms with Crippen molar-refractivity contribution in [1.82, 2.24) is 0 Å². The van der Waals surface area contributed by atoms with Crippen LogP contribution in [0.1, 0.15) is 31.2 Å².